The van der Waals surface area contributed by atoms with Gasteiger partial charge in [0.2, 0.25) is 0 Å². The van der Waals surface area contributed by atoms with E-state index < -0.39 is 0 Å². The molecule has 0 spiro atoms. The summed E-state index contributed by atoms with van der Waals surface area (Å²) in [5, 5.41) is 5.31. The Morgan fingerprint density at radius 2 is 1.86 bits per heavy atom. The largest absolute Gasteiger partial charge is 0.266 e. The van der Waals surface area contributed by atoms with Crippen molar-refractivity contribution in [3.8, 4) is 11.1 Å². The average Bonchev–Trinajstić information content (AvgIpc) is 3.16. The topological polar surface area (TPSA) is 30.7 Å². The van der Waals surface area contributed by atoms with E-state index in [2.05, 4.69) is 52.5 Å². The van der Waals surface area contributed by atoms with E-state index in [0.717, 1.165) is 17.1 Å². The Morgan fingerprint density at radius 3 is 2.67 bits per heavy atom. The molecule has 4 heteroatoms. The van der Waals surface area contributed by atoms with E-state index in [-0.39, 0.29) is 0 Å². The lowest BCUT2D eigenvalue weighted by Gasteiger charge is -2.00. The summed E-state index contributed by atoms with van der Waals surface area (Å²) in [6, 6.07) is 18.8. The van der Waals surface area contributed by atoms with Crippen LogP contribution in [0.5, 0.6) is 0 Å². The summed E-state index contributed by atoms with van der Waals surface area (Å²) in [7, 11) is 0. The summed E-state index contributed by atoms with van der Waals surface area (Å²) in [6.45, 7) is 0.729. The maximum atomic E-state index is 4.68. The molecule has 0 atom stereocenters. The van der Waals surface area contributed by atoms with Crippen molar-refractivity contribution in [3.63, 3.8) is 0 Å². The minimum Gasteiger partial charge on any atom is -0.266 e. The van der Waals surface area contributed by atoms with E-state index >= 15 is 0 Å². The third-order valence-electron chi connectivity index (χ3n) is 3.40. The first kappa shape index (κ1) is 12.3. The van der Waals surface area contributed by atoms with Gasteiger partial charge < -0.3 is 0 Å². The van der Waals surface area contributed by atoms with Crippen LogP contribution in [0.15, 0.2) is 67.0 Å². The van der Waals surface area contributed by atoms with Gasteiger partial charge in [0.1, 0.15) is 5.01 Å². The van der Waals surface area contributed by atoms with E-state index in [1.165, 1.54) is 15.8 Å². The molecule has 0 aliphatic rings. The van der Waals surface area contributed by atoms with Gasteiger partial charge in [-0.3, -0.25) is 4.68 Å². The van der Waals surface area contributed by atoms with Crippen molar-refractivity contribution in [2.75, 3.05) is 0 Å². The average molecular weight is 291 g/mol. The minimum atomic E-state index is 0.729. The fourth-order valence-electron chi connectivity index (χ4n) is 2.38. The van der Waals surface area contributed by atoms with E-state index in [1.54, 1.807) is 17.5 Å². The molecule has 3 nitrogen and oxygen atoms in total. The molecule has 0 bridgehead atoms. The molecule has 0 saturated carbocycles. The number of hydrogen-bond acceptors (Lipinski definition) is 3. The van der Waals surface area contributed by atoms with Gasteiger partial charge in [-0.05, 0) is 29.3 Å². The summed E-state index contributed by atoms with van der Waals surface area (Å²) in [6.07, 6.45) is 3.75. The molecule has 0 aliphatic carbocycles. The van der Waals surface area contributed by atoms with Gasteiger partial charge in [-0.2, -0.15) is 5.10 Å². The Bertz CT molecular complexity index is 864. The van der Waals surface area contributed by atoms with Crippen LogP contribution in [-0.4, -0.2) is 14.8 Å². The van der Waals surface area contributed by atoms with Crippen molar-refractivity contribution in [1.82, 2.24) is 14.8 Å². The second-order valence-electron chi connectivity index (χ2n) is 4.86. The zero-order valence-corrected chi connectivity index (χ0v) is 12.1. The van der Waals surface area contributed by atoms with Crippen molar-refractivity contribution in [2.45, 2.75) is 6.54 Å². The number of nitrogens with zero attached hydrogens (tertiary/aromatic N) is 3. The molecule has 2 aromatic heterocycles. The molecule has 0 saturated heterocycles. The van der Waals surface area contributed by atoms with Crippen molar-refractivity contribution in [1.29, 1.82) is 0 Å². The maximum absolute atomic E-state index is 4.68. The molecule has 0 radical (unpaired) electrons. The number of hydrogen-bond donors (Lipinski definition) is 0. The van der Waals surface area contributed by atoms with Crippen LogP contribution in [0.4, 0.5) is 0 Å². The molecule has 2 aromatic carbocycles. The molecule has 0 aliphatic heterocycles. The number of benzene rings is 2. The monoisotopic (exact) mass is 291 g/mol. The van der Waals surface area contributed by atoms with E-state index in [1.807, 2.05) is 23.0 Å². The molecule has 0 unspecified atom stereocenters. The Hall–Kier alpha value is -2.46. The standard InChI is InChI=1S/C17H13N3S/c1-2-5-13(6-3-1)14-7-8-15-16(11-14)21-17(19-15)12-20-10-4-9-18-20/h1-11H,12H2. The lowest BCUT2D eigenvalue weighted by Crippen LogP contribution is -1.98. The smallest absolute Gasteiger partial charge is 0.115 e. The summed E-state index contributed by atoms with van der Waals surface area (Å²) in [4.78, 5) is 4.68. The van der Waals surface area contributed by atoms with Crippen LogP contribution in [-0.2, 0) is 6.54 Å². The first-order valence-electron chi connectivity index (χ1n) is 6.81. The van der Waals surface area contributed by atoms with Crippen molar-refractivity contribution >= 4 is 21.6 Å². The second-order valence-corrected chi connectivity index (χ2v) is 5.97. The summed E-state index contributed by atoms with van der Waals surface area (Å²) < 4.78 is 3.12. The molecular weight excluding hydrogens is 278 g/mol. The van der Waals surface area contributed by atoms with Crippen LogP contribution in [0.2, 0.25) is 0 Å². The van der Waals surface area contributed by atoms with Crippen LogP contribution in [0.25, 0.3) is 21.3 Å². The number of rotatable bonds is 3. The first-order chi connectivity index (χ1) is 10.4. The third kappa shape index (κ3) is 2.45. The van der Waals surface area contributed by atoms with Gasteiger partial charge in [0.25, 0.3) is 0 Å². The van der Waals surface area contributed by atoms with Crippen LogP contribution >= 0.6 is 11.3 Å². The first-order valence-corrected chi connectivity index (χ1v) is 7.62. The van der Waals surface area contributed by atoms with Crippen molar-refractivity contribution in [2.24, 2.45) is 0 Å². The van der Waals surface area contributed by atoms with Gasteiger partial charge in [0, 0.05) is 12.4 Å². The number of fused-ring (bicyclic) bond motifs is 1. The lowest BCUT2D eigenvalue weighted by molar-refractivity contribution is 0.684. The Kier molecular flexibility index (Phi) is 3.01. The Balaban J connectivity index is 1.71. The zero-order valence-electron chi connectivity index (χ0n) is 11.3. The van der Waals surface area contributed by atoms with Crippen LogP contribution in [0.1, 0.15) is 5.01 Å². The second kappa shape index (κ2) is 5.14. The fourth-order valence-corrected chi connectivity index (χ4v) is 3.38. The van der Waals surface area contributed by atoms with Crippen molar-refractivity contribution in [3.05, 3.63) is 72.0 Å². The van der Waals surface area contributed by atoms with E-state index in [4.69, 9.17) is 0 Å². The third-order valence-corrected chi connectivity index (χ3v) is 4.40. The molecule has 4 rings (SSSR count). The highest BCUT2D eigenvalue weighted by Gasteiger charge is 2.06. The van der Waals surface area contributed by atoms with Crippen molar-refractivity contribution < 1.29 is 0 Å². The van der Waals surface area contributed by atoms with E-state index in [9.17, 15) is 0 Å². The Morgan fingerprint density at radius 1 is 0.952 bits per heavy atom. The predicted molar refractivity (Wildman–Crippen MR) is 86.4 cm³/mol. The highest BCUT2D eigenvalue weighted by molar-refractivity contribution is 7.18. The van der Waals surface area contributed by atoms with Gasteiger partial charge in [-0.25, -0.2) is 4.98 Å². The Labute approximate surface area is 126 Å². The molecular formula is C17H13N3S. The predicted octanol–water partition coefficient (Wildman–Crippen LogP) is 4.21. The van der Waals surface area contributed by atoms with Gasteiger partial charge in [-0.1, -0.05) is 36.4 Å². The fraction of sp³-hybridized carbons (Fsp3) is 0.0588. The van der Waals surface area contributed by atoms with Crippen LogP contribution in [0, 0.1) is 0 Å². The molecule has 102 valence electrons. The summed E-state index contributed by atoms with van der Waals surface area (Å²) in [5.41, 5.74) is 3.53. The molecule has 0 fully saturated rings. The molecule has 2 heterocycles. The lowest BCUT2D eigenvalue weighted by atomic mass is 10.1. The number of thiazole rings is 1. The molecule has 4 aromatic rings. The van der Waals surface area contributed by atoms with Gasteiger partial charge in [-0.15, -0.1) is 11.3 Å². The quantitative estimate of drug-likeness (QED) is 0.566. The number of aromatic nitrogens is 3. The van der Waals surface area contributed by atoms with E-state index in [0.29, 0.717) is 0 Å². The van der Waals surface area contributed by atoms with Gasteiger partial charge in [0.05, 0.1) is 16.8 Å². The van der Waals surface area contributed by atoms with Crippen LogP contribution < -0.4 is 0 Å². The molecule has 0 amide bonds. The minimum absolute atomic E-state index is 0.729. The summed E-state index contributed by atoms with van der Waals surface area (Å²) in [5.74, 6) is 0. The maximum Gasteiger partial charge on any atom is 0.115 e. The van der Waals surface area contributed by atoms with Gasteiger partial charge in [0.15, 0.2) is 0 Å². The highest BCUT2D eigenvalue weighted by atomic mass is 32.1. The molecule has 21 heavy (non-hydrogen) atoms. The highest BCUT2D eigenvalue weighted by Crippen LogP contribution is 2.28. The SMILES string of the molecule is c1ccc(-c2ccc3nc(Cn4cccn4)sc3c2)cc1. The molecule has 0 N–H and O–H groups in total. The zero-order chi connectivity index (χ0) is 14.1. The van der Waals surface area contributed by atoms with Crippen LogP contribution in [0.3, 0.4) is 0 Å². The van der Waals surface area contributed by atoms with Gasteiger partial charge >= 0.3 is 0 Å². The summed E-state index contributed by atoms with van der Waals surface area (Å²) >= 11 is 1.73. The normalized spacial score (nSPS) is 11.0.